The Kier molecular flexibility index (Phi) is 5.06. The van der Waals surface area contributed by atoms with Gasteiger partial charge in [0, 0.05) is 12.1 Å². The Balaban J connectivity index is 3.22. The quantitative estimate of drug-likeness (QED) is 0.840. The Bertz CT molecular complexity index is 531. The number of nitrogens with one attached hydrogen (secondary N) is 1. The van der Waals surface area contributed by atoms with E-state index in [2.05, 4.69) is 4.72 Å². The van der Waals surface area contributed by atoms with Crippen LogP contribution < -0.4 is 10.5 Å². The van der Waals surface area contributed by atoms with Crippen LogP contribution in [0.15, 0.2) is 23.1 Å². The second kappa shape index (κ2) is 5.98. The van der Waals surface area contributed by atoms with E-state index in [1.165, 1.54) is 25.1 Å². The number of sulfonamides is 1. The van der Waals surface area contributed by atoms with Gasteiger partial charge in [0.1, 0.15) is 10.7 Å². The first-order valence-electron chi connectivity index (χ1n) is 6.31. The topological polar surface area (TPSA) is 72.2 Å². The Morgan fingerprint density at radius 2 is 1.89 bits per heavy atom. The largest absolute Gasteiger partial charge is 0.329 e. The average molecular weight is 288 g/mol. The fourth-order valence-corrected chi connectivity index (χ4v) is 3.60. The Morgan fingerprint density at radius 3 is 2.37 bits per heavy atom. The number of aryl methyl sites for hydroxylation is 1. The number of benzene rings is 1. The molecule has 0 spiro atoms. The van der Waals surface area contributed by atoms with Crippen molar-refractivity contribution < 1.29 is 12.8 Å². The van der Waals surface area contributed by atoms with Gasteiger partial charge in [0.15, 0.2) is 0 Å². The van der Waals surface area contributed by atoms with Gasteiger partial charge in [-0.3, -0.25) is 0 Å². The van der Waals surface area contributed by atoms with Crippen LogP contribution in [0.5, 0.6) is 0 Å². The molecule has 0 saturated carbocycles. The molecule has 1 rings (SSSR count). The van der Waals surface area contributed by atoms with Crippen LogP contribution in [0.1, 0.15) is 32.3 Å². The van der Waals surface area contributed by atoms with E-state index in [1.807, 2.05) is 13.8 Å². The van der Waals surface area contributed by atoms with Crippen molar-refractivity contribution in [2.75, 3.05) is 6.54 Å². The first-order chi connectivity index (χ1) is 8.82. The highest BCUT2D eigenvalue weighted by atomic mass is 32.2. The van der Waals surface area contributed by atoms with E-state index >= 15 is 0 Å². The van der Waals surface area contributed by atoms with Crippen LogP contribution >= 0.6 is 0 Å². The molecule has 6 heteroatoms. The molecular formula is C13H21FN2O2S. The highest BCUT2D eigenvalue weighted by Gasteiger charge is 2.32. The minimum Gasteiger partial charge on any atom is -0.329 e. The lowest BCUT2D eigenvalue weighted by molar-refractivity contribution is 0.362. The summed E-state index contributed by atoms with van der Waals surface area (Å²) in [5, 5.41) is 0. The Morgan fingerprint density at radius 1 is 1.32 bits per heavy atom. The van der Waals surface area contributed by atoms with E-state index < -0.39 is 21.4 Å². The fraction of sp³-hybridized carbons (Fsp3) is 0.538. The van der Waals surface area contributed by atoms with Gasteiger partial charge >= 0.3 is 0 Å². The van der Waals surface area contributed by atoms with Gasteiger partial charge in [-0.05, 0) is 31.4 Å². The van der Waals surface area contributed by atoms with E-state index in [4.69, 9.17) is 5.73 Å². The van der Waals surface area contributed by atoms with Crippen LogP contribution in [0, 0.1) is 12.7 Å². The molecule has 1 aromatic carbocycles. The zero-order valence-corrected chi connectivity index (χ0v) is 12.3. The molecule has 0 atom stereocenters. The smallest absolute Gasteiger partial charge is 0.244 e. The summed E-state index contributed by atoms with van der Waals surface area (Å²) in [6.07, 6.45) is 1.10. The maximum atomic E-state index is 13.9. The molecule has 0 aliphatic carbocycles. The zero-order chi connectivity index (χ0) is 14.7. The van der Waals surface area contributed by atoms with Gasteiger partial charge in [-0.1, -0.05) is 26.0 Å². The van der Waals surface area contributed by atoms with Gasteiger partial charge in [-0.25, -0.2) is 17.5 Å². The SMILES string of the molecule is CCC(CC)(CN)NS(=O)(=O)c1cccc(C)c1F. The molecule has 0 radical (unpaired) electrons. The molecule has 19 heavy (non-hydrogen) atoms. The predicted octanol–water partition coefficient (Wildman–Crippen LogP) is 1.93. The minimum atomic E-state index is -3.91. The van der Waals surface area contributed by atoms with E-state index in [9.17, 15) is 12.8 Å². The van der Waals surface area contributed by atoms with Crippen molar-refractivity contribution in [2.24, 2.45) is 5.73 Å². The maximum absolute atomic E-state index is 13.9. The predicted molar refractivity (Wildman–Crippen MR) is 73.8 cm³/mol. The zero-order valence-electron chi connectivity index (χ0n) is 11.5. The second-order valence-corrected chi connectivity index (χ2v) is 6.33. The molecule has 0 aromatic heterocycles. The molecule has 0 fully saturated rings. The highest BCUT2D eigenvalue weighted by molar-refractivity contribution is 7.89. The number of hydrogen-bond acceptors (Lipinski definition) is 3. The first-order valence-corrected chi connectivity index (χ1v) is 7.79. The summed E-state index contributed by atoms with van der Waals surface area (Å²) in [5.41, 5.74) is 5.23. The van der Waals surface area contributed by atoms with E-state index in [1.54, 1.807) is 0 Å². The third kappa shape index (κ3) is 3.32. The molecule has 0 aliphatic rings. The molecule has 108 valence electrons. The number of hydrogen-bond donors (Lipinski definition) is 2. The van der Waals surface area contributed by atoms with Gasteiger partial charge in [0.2, 0.25) is 10.0 Å². The van der Waals surface area contributed by atoms with Crippen molar-refractivity contribution in [3.63, 3.8) is 0 Å². The summed E-state index contributed by atoms with van der Waals surface area (Å²) in [7, 11) is -3.91. The molecule has 4 nitrogen and oxygen atoms in total. The molecular weight excluding hydrogens is 267 g/mol. The van der Waals surface area contributed by atoms with Crippen molar-refractivity contribution >= 4 is 10.0 Å². The van der Waals surface area contributed by atoms with Crippen molar-refractivity contribution in [3.8, 4) is 0 Å². The molecule has 0 unspecified atom stereocenters. The Labute approximate surface area is 114 Å². The normalized spacial score (nSPS) is 12.7. The van der Waals surface area contributed by atoms with E-state index in [0.29, 0.717) is 18.4 Å². The average Bonchev–Trinajstić information content (AvgIpc) is 2.39. The van der Waals surface area contributed by atoms with Crippen molar-refractivity contribution in [1.29, 1.82) is 0 Å². The third-order valence-electron chi connectivity index (χ3n) is 3.54. The van der Waals surface area contributed by atoms with Gasteiger partial charge in [0.05, 0.1) is 0 Å². The second-order valence-electron chi connectivity index (χ2n) is 4.68. The highest BCUT2D eigenvalue weighted by Crippen LogP contribution is 2.22. The summed E-state index contributed by atoms with van der Waals surface area (Å²) in [6, 6.07) is 4.32. The van der Waals surface area contributed by atoms with Crippen LogP contribution in [0.2, 0.25) is 0 Å². The lowest BCUT2D eigenvalue weighted by Gasteiger charge is -2.31. The first kappa shape index (κ1) is 16.1. The summed E-state index contributed by atoms with van der Waals surface area (Å²) in [4.78, 5) is -0.327. The lowest BCUT2D eigenvalue weighted by atomic mass is 9.95. The van der Waals surface area contributed by atoms with Crippen LogP contribution in [0.25, 0.3) is 0 Å². The molecule has 0 heterocycles. The Hall–Kier alpha value is -0.980. The van der Waals surface area contributed by atoms with E-state index in [0.717, 1.165) is 0 Å². The standard InChI is InChI=1S/C13H21FN2O2S/c1-4-13(5-2,9-15)16-19(17,18)11-8-6-7-10(3)12(11)14/h6-8,16H,4-5,9,15H2,1-3H3. The van der Waals surface area contributed by atoms with Crippen molar-refractivity contribution in [3.05, 3.63) is 29.6 Å². The van der Waals surface area contributed by atoms with Crippen LogP contribution in [0.3, 0.4) is 0 Å². The number of rotatable bonds is 6. The van der Waals surface area contributed by atoms with Crippen LogP contribution in [-0.2, 0) is 10.0 Å². The number of halogens is 1. The lowest BCUT2D eigenvalue weighted by Crippen LogP contribution is -2.52. The molecule has 1 aromatic rings. The number of nitrogens with two attached hydrogens (primary N) is 1. The third-order valence-corrected chi connectivity index (χ3v) is 5.14. The van der Waals surface area contributed by atoms with Crippen LogP contribution in [0.4, 0.5) is 4.39 Å². The summed E-state index contributed by atoms with van der Waals surface area (Å²) >= 11 is 0. The van der Waals surface area contributed by atoms with Crippen LogP contribution in [-0.4, -0.2) is 20.5 Å². The van der Waals surface area contributed by atoms with Gasteiger partial charge < -0.3 is 5.73 Å². The fourth-order valence-electron chi connectivity index (χ4n) is 1.89. The van der Waals surface area contributed by atoms with Gasteiger partial charge in [-0.2, -0.15) is 0 Å². The van der Waals surface area contributed by atoms with Crippen molar-refractivity contribution in [2.45, 2.75) is 44.0 Å². The molecule has 0 aliphatic heterocycles. The molecule has 3 N–H and O–H groups in total. The summed E-state index contributed by atoms with van der Waals surface area (Å²) < 4.78 is 41.1. The molecule has 0 amide bonds. The van der Waals surface area contributed by atoms with E-state index in [-0.39, 0.29) is 11.4 Å². The van der Waals surface area contributed by atoms with Gasteiger partial charge in [0.25, 0.3) is 0 Å². The van der Waals surface area contributed by atoms with Crippen molar-refractivity contribution in [1.82, 2.24) is 4.72 Å². The minimum absolute atomic E-state index is 0.173. The molecule has 0 saturated heterocycles. The van der Waals surface area contributed by atoms with Gasteiger partial charge in [-0.15, -0.1) is 0 Å². The monoisotopic (exact) mass is 288 g/mol. The summed E-state index contributed by atoms with van der Waals surface area (Å²) in [6.45, 7) is 5.41. The molecule has 0 bridgehead atoms. The summed E-state index contributed by atoms with van der Waals surface area (Å²) in [5.74, 6) is -0.715. The maximum Gasteiger partial charge on any atom is 0.244 e.